The monoisotopic (exact) mass is 295 g/mol. The van der Waals surface area contributed by atoms with Gasteiger partial charge in [0.15, 0.2) is 0 Å². The van der Waals surface area contributed by atoms with E-state index in [0.29, 0.717) is 19.1 Å². The molecule has 1 amide bonds. The Morgan fingerprint density at radius 1 is 1.45 bits per heavy atom. The molecule has 1 aromatic rings. The van der Waals surface area contributed by atoms with Gasteiger partial charge in [-0.2, -0.15) is 0 Å². The summed E-state index contributed by atoms with van der Waals surface area (Å²) in [6.07, 6.45) is 1.64. The van der Waals surface area contributed by atoms with Gasteiger partial charge in [0.2, 0.25) is 5.91 Å². The first-order valence-corrected chi connectivity index (χ1v) is 7.62. The minimum atomic E-state index is -0.118. The number of rotatable bonds is 5. The molecular formula is C16H22ClNO2. The third kappa shape index (κ3) is 4.14. The van der Waals surface area contributed by atoms with Crippen molar-refractivity contribution in [2.45, 2.75) is 32.1 Å². The molecule has 4 heteroatoms. The Morgan fingerprint density at radius 2 is 2.20 bits per heavy atom. The van der Waals surface area contributed by atoms with Gasteiger partial charge in [0.05, 0.1) is 11.3 Å². The standard InChI is InChI=1S/C16H22ClNO2/c1-11(2)7-14(17)9-18-16(19)13-8-12-5-3-4-6-15(12)20-10-13/h3-6,11,13-14H,7-10H2,1-2H3,(H,18,19). The van der Waals surface area contributed by atoms with E-state index in [1.807, 2.05) is 24.3 Å². The normalized spacial score (nSPS) is 19.1. The Balaban J connectivity index is 1.83. The summed E-state index contributed by atoms with van der Waals surface area (Å²) in [6, 6.07) is 7.88. The lowest BCUT2D eigenvalue weighted by Crippen LogP contribution is -2.39. The fourth-order valence-electron chi connectivity index (χ4n) is 2.45. The van der Waals surface area contributed by atoms with Crippen molar-refractivity contribution in [3.63, 3.8) is 0 Å². The summed E-state index contributed by atoms with van der Waals surface area (Å²) in [6.45, 7) is 5.23. The topological polar surface area (TPSA) is 38.3 Å². The summed E-state index contributed by atoms with van der Waals surface area (Å²) < 4.78 is 5.63. The molecule has 1 N–H and O–H groups in total. The maximum Gasteiger partial charge on any atom is 0.226 e. The molecule has 0 aromatic heterocycles. The van der Waals surface area contributed by atoms with Gasteiger partial charge in [-0.05, 0) is 30.4 Å². The smallest absolute Gasteiger partial charge is 0.226 e. The summed E-state index contributed by atoms with van der Waals surface area (Å²) >= 11 is 6.19. The molecule has 0 saturated heterocycles. The summed E-state index contributed by atoms with van der Waals surface area (Å²) in [4.78, 5) is 12.1. The number of halogens is 1. The quantitative estimate of drug-likeness (QED) is 0.848. The van der Waals surface area contributed by atoms with Crippen LogP contribution in [-0.4, -0.2) is 24.4 Å². The molecule has 0 fully saturated rings. The van der Waals surface area contributed by atoms with Crippen molar-refractivity contribution in [2.75, 3.05) is 13.2 Å². The number of para-hydroxylation sites is 1. The first-order valence-electron chi connectivity index (χ1n) is 7.18. The Bertz CT molecular complexity index is 462. The lowest BCUT2D eigenvalue weighted by Gasteiger charge is -2.25. The number of carbonyl (C=O) groups excluding carboxylic acids is 1. The Labute approximate surface area is 125 Å². The minimum Gasteiger partial charge on any atom is -0.492 e. The van der Waals surface area contributed by atoms with Crippen LogP contribution in [-0.2, 0) is 11.2 Å². The molecule has 2 unspecified atom stereocenters. The number of fused-ring (bicyclic) bond motifs is 1. The first-order chi connectivity index (χ1) is 9.56. The first kappa shape index (κ1) is 15.2. The lowest BCUT2D eigenvalue weighted by molar-refractivity contribution is -0.126. The van der Waals surface area contributed by atoms with E-state index in [-0.39, 0.29) is 17.2 Å². The van der Waals surface area contributed by atoms with Crippen LogP contribution < -0.4 is 10.1 Å². The second kappa shape index (κ2) is 6.98. The highest BCUT2D eigenvalue weighted by Crippen LogP contribution is 2.26. The maximum absolute atomic E-state index is 12.1. The molecule has 1 aromatic carbocycles. The average molecular weight is 296 g/mol. The molecule has 0 saturated carbocycles. The van der Waals surface area contributed by atoms with Crippen molar-refractivity contribution in [3.05, 3.63) is 29.8 Å². The number of hydrogen-bond donors (Lipinski definition) is 1. The molecule has 110 valence electrons. The highest BCUT2D eigenvalue weighted by molar-refractivity contribution is 6.20. The Morgan fingerprint density at radius 3 is 2.95 bits per heavy atom. The van der Waals surface area contributed by atoms with Crippen molar-refractivity contribution in [1.29, 1.82) is 0 Å². The highest BCUT2D eigenvalue weighted by Gasteiger charge is 2.25. The van der Waals surface area contributed by atoms with Crippen LogP contribution in [0.1, 0.15) is 25.8 Å². The summed E-state index contributed by atoms with van der Waals surface area (Å²) in [7, 11) is 0. The zero-order chi connectivity index (χ0) is 14.5. The number of nitrogens with one attached hydrogen (secondary N) is 1. The molecular weight excluding hydrogens is 274 g/mol. The van der Waals surface area contributed by atoms with E-state index in [1.165, 1.54) is 0 Å². The van der Waals surface area contributed by atoms with Gasteiger partial charge in [-0.1, -0.05) is 32.0 Å². The number of carbonyl (C=O) groups is 1. The van der Waals surface area contributed by atoms with E-state index in [1.54, 1.807) is 0 Å². The molecule has 0 bridgehead atoms. The largest absolute Gasteiger partial charge is 0.492 e. The summed E-state index contributed by atoms with van der Waals surface area (Å²) in [5, 5.41) is 2.93. The second-order valence-corrected chi connectivity index (χ2v) is 6.41. The number of amides is 1. The Hall–Kier alpha value is -1.22. The molecule has 2 rings (SSSR count). The van der Waals surface area contributed by atoms with Crippen molar-refractivity contribution in [2.24, 2.45) is 11.8 Å². The summed E-state index contributed by atoms with van der Waals surface area (Å²) in [5.74, 6) is 1.35. The van der Waals surface area contributed by atoms with Gasteiger partial charge < -0.3 is 10.1 Å². The van der Waals surface area contributed by atoms with Gasteiger partial charge in [-0.15, -0.1) is 11.6 Å². The van der Waals surface area contributed by atoms with Gasteiger partial charge >= 0.3 is 0 Å². The molecule has 20 heavy (non-hydrogen) atoms. The highest BCUT2D eigenvalue weighted by atomic mass is 35.5. The minimum absolute atomic E-state index is 0.00394. The van der Waals surface area contributed by atoms with Crippen LogP contribution in [0.4, 0.5) is 0 Å². The van der Waals surface area contributed by atoms with E-state index in [9.17, 15) is 4.79 Å². The third-order valence-electron chi connectivity index (χ3n) is 3.47. The van der Waals surface area contributed by atoms with Gasteiger partial charge in [0.1, 0.15) is 12.4 Å². The second-order valence-electron chi connectivity index (χ2n) is 5.79. The summed E-state index contributed by atoms with van der Waals surface area (Å²) in [5.41, 5.74) is 1.10. The predicted octanol–water partition coefficient (Wildman–Crippen LogP) is 3.01. The molecule has 0 spiro atoms. The van der Waals surface area contributed by atoms with Crippen molar-refractivity contribution < 1.29 is 9.53 Å². The fourth-order valence-corrected chi connectivity index (χ4v) is 2.88. The SMILES string of the molecule is CC(C)CC(Cl)CNC(=O)C1COc2ccccc2C1. The zero-order valence-electron chi connectivity index (χ0n) is 12.1. The number of alkyl halides is 1. The molecule has 1 aliphatic heterocycles. The molecule has 0 radical (unpaired) electrons. The van der Waals surface area contributed by atoms with E-state index < -0.39 is 0 Å². The molecule has 2 atom stereocenters. The van der Waals surface area contributed by atoms with Gasteiger partial charge in [-0.25, -0.2) is 0 Å². The van der Waals surface area contributed by atoms with Gasteiger partial charge in [-0.3, -0.25) is 4.79 Å². The lowest BCUT2D eigenvalue weighted by atomic mass is 9.96. The Kier molecular flexibility index (Phi) is 5.30. The molecule has 1 heterocycles. The van der Waals surface area contributed by atoms with Crippen LogP contribution in [0, 0.1) is 11.8 Å². The number of hydrogen-bond acceptors (Lipinski definition) is 2. The van der Waals surface area contributed by atoms with Crippen LogP contribution in [0.2, 0.25) is 0 Å². The predicted molar refractivity (Wildman–Crippen MR) is 81.2 cm³/mol. The molecule has 1 aliphatic rings. The number of benzene rings is 1. The van der Waals surface area contributed by atoms with Crippen LogP contribution in [0.5, 0.6) is 5.75 Å². The van der Waals surface area contributed by atoms with Crippen molar-refractivity contribution >= 4 is 17.5 Å². The van der Waals surface area contributed by atoms with Crippen molar-refractivity contribution in [1.82, 2.24) is 5.32 Å². The average Bonchev–Trinajstić information content (AvgIpc) is 2.43. The van der Waals surface area contributed by atoms with Crippen LogP contribution >= 0.6 is 11.6 Å². The van der Waals surface area contributed by atoms with E-state index in [2.05, 4.69) is 19.2 Å². The van der Waals surface area contributed by atoms with Crippen molar-refractivity contribution in [3.8, 4) is 5.75 Å². The van der Waals surface area contributed by atoms with Crippen LogP contribution in [0.25, 0.3) is 0 Å². The maximum atomic E-state index is 12.1. The fraction of sp³-hybridized carbons (Fsp3) is 0.562. The van der Waals surface area contributed by atoms with E-state index in [0.717, 1.165) is 24.2 Å². The van der Waals surface area contributed by atoms with Gasteiger partial charge in [0.25, 0.3) is 0 Å². The zero-order valence-corrected chi connectivity index (χ0v) is 12.8. The van der Waals surface area contributed by atoms with Crippen LogP contribution in [0.3, 0.4) is 0 Å². The molecule has 0 aliphatic carbocycles. The number of ether oxygens (including phenoxy) is 1. The third-order valence-corrected chi connectivity index (χ3v) is 3.81. The molecule has 3 nitrogen and oxygen atoms in total. The van der Waals surface area contributed by atoms with E-state index >= 15 is 0 Å². The van der Waals surface area contributed by atoms with E-state index in [4.69, 9.17) is 16.3 Å². The van der Waals surface area contributed by atoms with Crippen LogP contribution in [0.15, 0.2) is 24.3 Å². The van der Waals surface area contributed by atoms with Gasteiger partial charge in [0, 0.05) is 6.54 Å².